The zero-order valence-electron chi connectivity index (χ0n) is 17.1. The lowest BCUT2D eigenvalue weighted by Crippen LogP contribution is -2.75. The molecule has 2 aliphatic heterocycles. The minimum absolute atomic E-state index is 0.0308. The molecule has 2 saturated heterocycles. The van der Waals surface area contributed by atoms with Crippen LogP contribution >= 0.6 is 0 Å². The number of ether oxygens (including phenoxy) is 3. The second-order valence-corrected chi connectivity index (χ2v) is 10.9. The van der Waals surface area contributed by atoms with Gasteiger partial charge in [0.15, 0.2) is 0 Å². The van der Waals surface area contributed by atoms with E-state index in [1.807, 2.05) is 0 Å². The summed E-state index contributed by atoms with van der Waals surface area (Å²) < 4.78 is 18.4. The van der Waals surface area contributed by atoms with Crippen LogP contribution < -0.4 is 0 Å². The Bertz CT molecular complexity index is 734. The van der Waals surface area contributed by atoms with Crippen molar-refractivity contribution in [1.82, 2.24) is 4.90 Å². The number of likely N-dealkylation sites (tertiary alicyclic amines) is 1. The maximum absolute atomic E-state index is 12.3. The second kappa shape index (κ2) is 4.97. The van der Waals surface area contributed by atoms with Crippen LogP contribution in [0.2, 0.25) is 0 Å². The zero-order valence-corrected chi connectivity index (χ0v) is 17.1. The number of rotatable bonds is 3. The summed E-state index contributed by atoms with van der Waals surface area (Å²) in [6.45, 7) is 4.16. The van der Waals surface area contributed by atoms with E-state index < -0.39 is 5.60 Å². The predicted octanol–water partition coefficient (Wildman–Crippen LogP) is 0.646. The first-order chi connectivity index (χ1) is 13.5. The van der Waals surface area contributed by atoms with Crippen molar-refractivity contribution < 1.29 is 24.4 Å². The number of aliphatic hydroxyl groups is 2. The van der Waals surface area contributed by atoms with Gasteiger partial charge in [0, 0.05) is 68.7 Å². The molecule has 5 aliphatic carbocycles. The molecule has 2 heterocycles. The first-order valence-electron chi connectivity index (χ1n) is 11.3. The summed E-state index contributed by atoms with van der Waals surface area (Å²) in [5, 5.41) is 24.0. The minimum Gasteiger partial charge on any atom is -0.392 e. The molecule has 0 aromatic heterocycles. The number of likely N-dealkylation sites (N-methyl/N-ethyl adjacent to an activating group) is 1. The van der Waals surface area contributed by atoms with E-state index in [4.69, 9.17) is 14.2 Å². The number of epoxide rings is 1. The maximum Gasteiger partial charge on any atom is 0.111 e. The van der Waals surface area contributed by atoms with Gasteiger partial charge in [-0.2, -0.15) is 0 Å². The Morgan fingerprint density at radius 1 is 1.14 bits per heavy atom. The van der Waals surface area contributed by atoms with Crippen LogP contribution in [0.5, 0.6) is 0 Å². The number of piperidine rings is 1. The summed E-state index contributed by atoms with van der Waals surface area (Å²) in [5.74, 6) is 1.26. The van der Waals surface area contributed by atoms with Crippen molar-refractivity contribution >= 4 is 0 Å². The number of fused-ring (bicyclic) bond motifs is 2. The third-order valence-electron chi connectivity index (χ3n) is 10.9. The molecule has 6 nitrogen and oxygen atoms in total. The van der Waals surface area contributed by atoms with Gasteiger partial charge in [-0.3, -0.25) is 4.90 Å². The van der Waals surface area contributed by atoms with Crippen LogP contribution in [0.15, 0.2) is 0 Å². The van der Waals surface area contributed by atoms with Gasteiger partial charge in [-0.1, -0.05) is 6.92 Å². The van der Waals surface area contributed by atoms with Crippen LogP contribution in [0.4, 0.5) is 0 Å². The zero-order chi connectivity index (χ0) is 19.2. The molecule has 0 radical (unpaired) electrons. The third kappa shape index (κ3) is 1.50. The molecular weight excluding hydrogens is 358 g/mol. The molecule has 5 saturated carbocycles. The average molecular weight is 392 g/mol. The summed E-state index contributed by atoms with van der Waals surface area (Å²) in [7, 11) is 3.58. The Morgan fingerprint density at radius 3 is 2.68 bits per heavy atom. The molecule has 0 amide bonds. The number of aliphatic hydroxyl groups excluding tert-OH is 1. The van der Waals surface area contributed by atoms with Crippen LogP contribution in [-0.2, 0) is 14.2 Å². The van der Waals surface area contributed by atoms with Gasteiger partial charge < -0.3 is 24.4 Å². The Hall–Kier alpha value is -0.240. The lowest BCUT2D eigenvalue weighted by molar-refractivity contribution is -0.254. The van der Waals surface area contributed by atoms with E-state index in [-0.39, 0.29) is 59.2 Å². The first-order valence-corrected chi connectivity index (χ1v) is 11.3. The van der Waals surface area contributed by atoms with Gasteiger partial charge in [0.1, 0.15) is 5.60 Å². The Labute approximate surface area is 166 Å². The van der Waals surface area contributed by atoms with Gasteiger partial charge in [0.2, 0.25) is 0 Å². The topological polar surface area (TPSA) is 74.7 Å². The van der Waals surface area contributed by atoms with Gasteiger partial charge in [-0.05, 0) is 25.3 Å². The predicted molar refractivity (Wildman–Crippen MR) is 99.5 cm³/mol. The molecule has 6 heteroatoms. The van der Waals surface area contributed by atoms with Gasteiger partial charge in [0.05, 0.1) is 30.0 Å². The van der Waals surface area contributed by atoms with Crippen molar-refractivity contribution in [3.8, 4) is 0 Å². The highest BCUT2D eigenvalue weighted by Crippen LogP contribution is 2.80. The van der Waals surface area contributed by atoms with Gasteiger partial charge in [0.25, 0.3) is 0 Å². The van der Waals surface area contributed by atoms with Crippen molar-refractivity contribution in [3.63, 3.8) is 0 Å². The van der Waals surface area contributed by atoms with E-state index in [0.717, 1.165) is 32.4 Å². The van der Waals surface area contributed by atoms with E-state index in [1.54, 1.807) is 14.2 Å². The molecule has 13 atom stereocenters. The highest BCUT2D eigenvalue weighted by molar-refractivity contribution is 5.37. The smallest absolute Gasteiger partial charge is 0.111 e. The molecule has 0 aromatic rings. The van der Waals surface area contributed by atoms with Crippen LogP contribution in [-0.4, -0.2) is 84.1 Å². The summed E-state index contributed by atoms with van der Waals surface area (Å²) in [6.07, 6.45) is 3.41. The third-order valence-corrected chi connectivity index (χ3v) is 10.9. The maximum atomic E-state index is 12.3. The molecule has 0 unspecified atom stereocenters. The summed E-state index contributed by atoms with van der Waals surface area (Å²) >= 11 is 0. The van der Waals surface area contributed by atoms with Crippen molar-refractivity contribution in [2.24, 2.45) is 35.0 Å². The highest BCUT2D eigenvalue weighted by Gasteiger charge is 2.88. The average Bonchev–Trinajstić information content (AvgIpc) is 3.14. The lowest BCUT2D eigenvalue weighted by Gasteiger charge is -2.65. The molecule has 7 fully saturated rings. The van der Waals surface area contributed by atoms with Crippen LogP contribution in [0.1, 0.15) is 32.6 Å². The minimum atomic E-state index is -0.769. The van der Waals surface area contributed by atoms with E-state index >= 15 is 0 Å². The fourth-order valence-corrected chi connectivity index (χ4v) is 10.3. The Balaban J connectivity index is 1.47. The number of nitrogens with zero attached hydrogens (tertiary/aromatic N) is 1. The summed E-state index contributed by atoms with van der Waals surface area (Å²) in [6, 6.07) is 0.256. The second-order valence-electron chi connectivity index (χ2n) is 10.9. The number of hydrogen-bond acceptors (Lipinski definition) is 6. The Kier molecular flexibility index (Phi) is 3.10. The van der Waals surface area contributed by atoms with Gasteiger partial charge >= 0.3 is 0 Å². The quantitative estimate of drug-likeness (QED) is 0.688. The molecule has 7 bridgehead atoms. The molecular formula is C22H33NO5. The van der Waals surface area contributed by atoms with Crippen LogP contribution in [0, 0.1) is 35.0 Å². The van der Waals surface area contributed by atoms with Crippen molar-refractivity contribution in [2.45, 2.75) is 74.3 Å². The normalized spacial score (nSPS) is 68.0. The molecule has 7 rings (SSSR count). The van der Waals surface area contributed by atoms with E-state index in [1.165, 1.54) is 0 Å². The lowest BCUT2D eigenvalue weighted by atomic mass is 9.46. The van der Waals surface area contributed by atoms with Gasteiger partial charge in [-0.25, -0.2) is 0 Å². The van der Waals surface area contributed by atoms with Crippen LogP contribution in [0.25, 0.3) is 0 Å². The summed E-state index contributed by atoms with van der Waals surface area (Å²) in [5.41, 5.74) is -0.997. The molecule has 156 valence electrons. The largest absolute Gasteiger partial charge is 0.392 e. The molecule has 0 aromatic carbocycles. The standard InChI is InChI=1S/C22H33NO5/c1-4-23-9-21-14-6-12-19(23)22(14,15(24)7-16(21)28-21)11-5-10-13(26-2)8-20(12,25)17(11)18(10)27-3/h10-19,24-25H,4-9H2,1-3H3/t10-,11+,12+,13+,14-,15+,16+,17-,18+,19-,20+,21-,22-/m1/s1. The number of methoxy groups -OCH3 is 2. The number of hydrogen-bond donors (Lipinski definition) is 2. The van der Waals surface area contributed by atoms with Crippen molar-refractivity contribution in [2.75, 3.05) is 27.3 Å². The summed E-state index contributed by atoms with van der Waals surface area (Å²) in [4.78, 5) is 2.57. The fourth-order valence-electron chi connectivity index (χ4n) is 10.3. The molecule has 2 spiro atoms. The van der Waals surface area contributed by atoms with Crippen molar-refractivity contribution in [1.29, 1.82) is 0 Å². The fraction of sp³-hybridized carbons (Fsp3) is 1.00. The molecule has 28 heavy (non-hydrogen) atoms. The Morgan fingerprint density at radius 2 is 1.96 bits per heavy atom. The van der Waals surface area contributed by atoms with E-state index in [2.05, 4.69) is 11.8 Å². The molecule has 7 aliphatic rings. The van der Waals surface area contributed by atoms with Gasteiger partial charge in [-0.15, -0.1) is 0 Å². The van der Waals surface area contributed by atoms with Crippen molar-refractivity contribution in [3.05, 3.63) is 0 Å². The molecule has 2 N–H and O–H groups in total. The highest BCUT2D eigenvalue weighted by atomic mass is 16.6. The van der Waals surface area contributed by atoms with E-state index in [0.29, 0.717) is 18.3 Å². The first kappa shape index (κ1) is 17.4. The van der Waals surface area contributed by atoms with E-state index in [9.17, 15) is 10.2 Å². The SMILES string of the molecule is CCN1C[C@]23O[C@H]2C[C@H](O)[C@@]24[C@@H]3C[C@@H]([C@@H]12)[C@@]1(O)C[C@H](OC)[C@H]2C[C@H]4[C@@H]1[C@H]2OC. The van der Waals surface area contributed by atoms with Crippen LogP contribution in [0.3, 0.4) is 0 Å². The monoisotopic (exact) mass is 391 g/mol.